The number of hydrogen-bond donors (Lipinski definition) is 2. The summed E-state index contributed by atoms with van der Waals surface area (Å²) in [6.07, 6.45) is 7.58. The van der Waals surface area contributed by atoms with Crippen molar-refractivity contribution < 1.29 is 5.11 Å². The van der Waals surface area contributed by atoms with Crippen molar-refractivity contribution in [3.63, 3.8) is 0 Å². The first-order valence-electron chi connectivity index (χ1n) is 8.14. The first-order chi connectivity index (χ1) is 10.7. The van der Waals surface area contributed by atoms with Crippen LogP contribution in [0.15, 0.2) is 42.7 Å². The Morgan fingerprint density at radius 1 is 1.05 bits per heavy atom. The summed E-state index contributed by atoms with van der Waals surface area (Å²) in [7, 11) is 0. The number of hydrogen-bond acceptors (Lipinski definition) is 3. The third-order valence-corrected chi connectivity index (χ3v) is 4.64. The zero-order valence-corrected chi connectivity index (χ0v) is 13.1. The molecule has 1 aromatic carbocycles. The smallest absolute Gasteiger partial charge is 0.0541 e. The predicted octanol–water partition coefficient (Wildman–Crippen LogP) is 3.45. The lowest BCUT2D eigenvalue weighted by atomic mass is 9.92. The van der Waals surface area contributed by atoms with E-state index in [9.17, 15) is 5.11 Å². The van der Waals surface area contributed by atoms with E-state index >= 15 is 0 Å². The number of aryl methyl sites for hydroxylation is 1. The Hall–Kier alpha value is -1.71. The van der Waals surface area contributed by atoms with Gasteiger partial charge in [-0.2, -0.15) is 0 Å². The lowest BCUT2D eigenvalue weighted by Gasteiger charge is -2.26. The molecule has 1 aliphatic carbocycles. The molecular formula is C19H24N2O. The predicted molar refractivity (Wildman–Crippen MR) is 89.5 cm³/mol. The Morgan fingerprint density at radius 3 is 2.50 bits per heavy atom. The van der Waals surface area contributed by atoms with Gasteiger partial charge in [-0.3, -0.25) is 4.98 Å². The standard InChI is InChI=1S/C19H24N2O/c1-14-2-3-16(15-8-10-20-11-9-15)12-17(14)13-21-18-4-6-19(22)7-5-18/h2-3,8-12,18-19,21-22H,4-7,13H2,1H3. The monoisotopic (exact) mass is 296 g/mol. The number of nitrogens with one attached hydrogen (secondary N) is 1. The van der Waals surface area contributed by atoms with E-state index < -0.39 is 0 Å². The number of pyridine rings is 1. The number of aliphatic hydroxyl groups is 1. The van der Waals surface area contributed by atoms with Crippen LogP contribution in [-0.4, -0.2) is 22.2 Å². The Labute approximate surface area is 132 Å². The fourth-order valence-corrected chi connectivity index (χ4v) is 3.12. The van der Waals surface area contributed by atoms with E-state index in [1.807, 2.05) is 24.5 Å². The average molecular weight is 296 g/mol. The van der Waals surface area contributed by atoms with Gasteiger partial charge < -0.3 is 10.4 Å². The highest BCUT2D eigenvalue weighted by molar-refractivity contribution is 5.64. The van der Waals surface area contributed by atoms with Crippen molar-refractivity contribution in [2.75, 3.05) is 0 Å². The minimum absolute atomic E-state index is 0.0881. The quantitative estimate of drug-likeness (QED) is 0.908. The van der Waals surface area contributed by atoms with Crippen molar-refractivity contribution in [2.45, 2.75) is 51.3 Å². The first-order valence-corrected chi connectivity index (χ1v) is 8.14. The molecule has 2 N–H and O–H groups in total. The van der Waals surface area contributed by atoms with Crippen molar-refractivity contribution in [2.24, 2.45) is 0 Å². The fourth-order valence-electron chi connectivity index (χ4n) is 3.12. The van der Waals surface area contributed by atoms with Gasteiger partial charge in [0.05, 0.1) is 6.10 Å². The zero-order valence-electron chi connectivity index (χ0n) is 13.1. The molecule has 2 aromatic rings. The van der Waals surface area contributed by atoms with Gasteiger partial charge in [-0.1, -0.05) is 12.1 Å². The van der Waals surface area contributed by atoms with Crippen LogP contribution in [0.4, 0.5) is 0 Å². The van der Waals surface area contributed by atoms with Crippen molar-refractivity contribution in [3.8, 4) is 11.1 Å². The van der Waals surface area contributed by atoms with E-state index in [1.54, 1.807) is 0 Å². The minimum atomic E-state index is -0.0881. The van der Waals surface area contributed by atoms with Crippen molar-refractivity contribution in [3.05, 3.63) is 53.9 Å². The van der Waals surface area contributed by atoms with Crippen LogP contribution in [0.1, 0.15) is 36.8 Å². The summed E-state index contributed by atoms with van der Waals surface area (Å²) in [6, 6.07) is 11.3. The normalized spacial score (nSPS) is 21.7. The second kappa shape index (κ2) is 7.03. The number of aromatic nitrogens is 1. The molecule has 22 heavy (non-hydrogen) atoms. The summed E-state index contributed by atoms with van der Waals surface area (Å²) in [6.45, 7) is 3.06. The van der Waals surface area contributed by atoms with E-state index in [0.717, 1.165) is 32.2 Å². The van der Waals surface area contributed by atoms with E-state index in [-0.39, 0.29) is 6.10 Å². The number of nitrogens with zero attached hydrogens (tertiary/aromatic N) is 1. The van der Waals surface area contributed by atoms with Crippen LogP contribution < -0.4 is 5.32 Å². The van der Waals surface area contributed by atoms with Gasteiger partial charge in [0.15, 0.2) is 0 Å². The van der Waals surface area contributed by atoms with Crippen LogP contribution >= 0.6 is 0 Å². The third-order valence-electron chi connectivity index (χ3n) is 4.64. The molecule has 0 radical (unpaired) electrons. The van der Waals surface area contributed by atoms with Gasteiger partial charge >= 0.3 is 0 Å². The molecule has 0 unspecified atom stereocenters. The highest BCUT2D eigenvalue weighted by Crippen LogP contribution is 2.23. The first kappa shape index (κ1) is 15.2. The molecule has 3 rings (SSSR count). The third kappa shape index (κ3) is 3.73. The van der Waals surface area contributed by atoms with Crippen molar-refractivity contribution in [1.29, 1.82) is 0 Å². The van der Waals surface area contributed by atoms with Gasteiger partial charge in [0.2, 0.25) is 0 Å². The second-order valence-electron chi connectivity index (χ2n) is 6.26. The van der Waals surface area contributed by atoms with Crippen molar-refractivity contribution in [1.82, 2.24) is 10.3 Å². The number of rotatable bonds is 4. The van der Waals surface area contributed by atoms with Gasteiger partial charge in [-0.05, 0) is 73.1 Å². The summed E-state index contributed by atoms with van der Waals surface area (Å²) < 4.78 is 0. The minimum Gasteiger partial charge on any atom is -0.393 e. The molecule has 1 saturated carbocycles. The maximum atomic E-state index is 9.59. The highest BCUT2D eigenvalue weighted by Gasteiger charge is 2.18. The molecule has 0 amide bonds. The molecule has 116 valence electrons. The van der Waals surface area contributed by atoms with Crippen molar-refractivity contribution >= 4 is 0 Å². The van der Waals surface area contributed by atoms with Gasteiger partial charge in [0.25, 0.3) is 0 Å². The Bertz CT molecular complexity index is 604. The molecule has 0 saturated heterocycles. The number of benzene rings is 1. The lowest BCUT2D eigenvalue weighted by Crippen LogP contribution is -2.34. The average Bonchev–Trinajstić information content (AvgIpc) is 2.56. The molecule has 0 bridgehead atoms. The van der Waals surface area contributed by atoms with E-state index in [0.29, 0.717) is 6.04 Å². The molecule has 3 nitrogen and oxygen atoms in total. The lowest BCUT2D eigenvalue weighted by molar-refractivity contribution is 0.116. The molecule has 1 aliphatic rings. The summed E-state index contributed by atoms with van der Waals surface area (Å²) in [5.41, 5.74) is 5.11. The van der Waals surface area contributed by atoms with E-state index in [1.165, 1.54) is 22.3 Å². The number of aliphatic hydroxyl groups excluding tert-OH is 1. The molecular weight excluding hydrogens is 272 g/mol. The molecule has 1 fully saturated rings. The summed E-state index contributed by atoms with van der Waals surface area (Å²) in [5, 5.41) is 13.2. The van der Waals surface area contributed by atoms with Crippen LogP contribution in [-0.2, 0) is 6.54 Å². The van der Waals surface area contributed by atoms with Crippen LogP contribution in [0.3, 0.4) is 0 Å². The zero-order chi connectivity index (χ0) is 15.4. The maximum absolute atomic E-state index is 9.59. The van der Waals surface area contributed by atoms with Crippen LogP contribution in [0.5, 0.6) is 0 Å². The van der Waals surface area contributed by atoms with Gasteiger partial charge in [0.1, 0.15) is 0 Å². The highest BCUT2D eigenvalue weighted by atomic mass is 16.3. The Morgan fingerprint density at radius 2 is 1.77 bits per heavy atom. The molecule has 0 atom stereocenters. The van der Waals surface area contributed by atoms with Gasteiger partial charge in [0, 0.05) is 25.0 Å². The Balaban J connectivity index is 1.68. The van der Waals surface area contributed by atoms with Crippen LogP contribution in [0.2, 0.25) is 0 Å². The molecule has 1 aromatic heterocycles. The summed E-state index contributed by atoms with van der Waals surface area (Å²) in [4.78, 5) is 4.08. The topological polar surface area (TPSA) is 45.2 Å². The molecule has 0 aliphatic heterocycles. The van der Waals surface area contributed by atoms with E-state index in [2.05, 4.69) is 35.4 Å². The molecule has 0 spiro atoms. The maximum Gasteiger partial charge on any atom is 0.0541 e. The van der Waals surface area contributed by atoms with Gasteiger partial charge in [-0.25, -0.2) is 0 Å². The SMILES string of the molecule is Cc1ccc(-c2ccncc2)cc1CNC1CCC(O)CC1. The fraction of sp³-hybridized carbons (Fsp3) is 0.421. The summed E-state index contributed by atoms with van der Waals surface area (Å²) in [5.74, 6) is 0. The van der Waals surface area contributed by atoms with Crippen LogP contribution in [0.25, 0.3) is 11.1 Å². The summed E-state index contributed by atoms with van der Waals surface area (Å²) >= 11 is 0. The largest absolute Gasteiger partial charge is 0.393 e. The van der Waals surface area contributed by atoms with Gasteiger partial charge in [-0.15, -0.1) is 0 Å². The molecule has 1 heterocycles. The molecule has 3 heteroatoms. The second-order valence-corrected chi connectivity index (χ2v) is 6.26. The van der Waals surface area contributed by atoms with Crippen LogP contribution in [0, 0.1) is 6.92 Å². The Kier molecular flexibility index (Phi) is 4.86. The van der Waals surface area contributed by atoms with E-state index in [4.69, 9.17) is 0 Å².